The highest BCUT2D eigenvalue weighted by Crippen LogP contribution is 2.30. The van der Waals surface area contributed by atoms with Crippen LogP contribution in [-0.4, -0.2) is 21.0 Å². The summed E-state index contributed by atoms with van der Waals surface area (Å²) in [6.07, 6.45) is 1.20. The molecule has 76 valence electrons. The summed E-state index contributed by atoms with van der Waals surface area (Å²) >= 11 is 0. The summed E-state index contributed by atoms with van der Waals surface area (Å²) in [6.45, 7) is 3.00. The number of nitrogens with two attached hydrogens (primary N) is 2. The fourth-order valence-corrected chi connectivity index (χ4v) is 1.16. The number of carbonyl (C=O) groups is 1. The first-order valence-corrected chi connectivity index (χ1v) is 3.97. The summed E-state index contributed by atoms with van der Waals surface area (Å²) in [4.78, 5) is 18.4. The van der Waals surface area contributed by atoms with E-state index in [0.29, 0.717) is 0 Å². The Labute approximate surface area is 81.0 Å². The van der Waals surface area contributed by atoms with Gasteiger partial charge in [0.15, 0.2) is 0 Å². The van der Waals surface area contributed by atoms with Gasteiger partial charge < -0.3 is 16.6 Å². The van der Waals surface area contributed by atoms with Gasteiger partial charge in [-0.2, -0.15) is 0 Å². The van der Waals surface area contributed by atoms with Crippen molar-refractivity contribution in [3.8, 4) is 0 Å². The third kappa shape index (κ3) is 1.46. The van der Waals surface area contributed by atoms with Gasteiger partial charge in [-0.3, -0.25) is 4.79 Å². The average Bonchev–Trinajstić information content (AvgIpc) is 2.02. The van der Waals surface area contributed by atoms with Crippen LogP contribution in [0.3, 0.4) is 0 Å². The van der Waals surface area contributed by atoms with Gasteiger partial charge in [-0.05, 0) is 13.8 Å². The molecule has 0 aromatic carbocycles. The fourth-order valence-electron chi connectivity index (χ4n) is 1.16. The Morgan fingerprint density at radius 2 is 1.79 bits per heavy atom. The standard InChI is InChI=1S/C8H12N4O2/c1-8(2,7(13)14)4-5(9)11-3-12-6(4)10/h3H,1-2H3,(H,13,14)(H4,9,10,11,12). The first-order chi connectivity index (χ1) is 6.37. The zero-order chi connectivity index (χ0) is 10.9. The van der Waals surface area contributed by atoms with Gasteiger partial charge in [0, 0.05) is 0 Å². The third-order valence-corrected chi connectivity index (χ3v) is 2.07. The molecule has 0 spiro atoms. The molecule has 0 amide bonds. The third-order valence-electron chi connectivity index (χ3n) is 2.07. The van der Waals surface area contributed by atoms with Crippen molar-refractivity contribution in [3.63, 3.8) is 0 Å². The smallest absolute Gasteiger partial charge is 0.313 e. The maximum Gasteiger partial charge on any atom is 0.313 e. The quantitative estimate of drug-likeness (QED) is 0.613. The van der Waals surface area contributed by atoms with Crippen molar-refractivity contribution in [1.82, 2.24) is 9.97 Å². The van der Waals surface area contributed by atoms with Crippen molar-refractivity contribution in [2.24, 2.45) is 0 Å². The van der Waals surface area contributed by atoms with E-state index in [4.69, 9.17) is 16.6 Å². The number of aliphatic carboxylic acids is 1. The number of nitrogen functional groups attached to an aromatic ring is 2. The monoisotopic (exact) mass is 196 g/mol. The van der Waals surface area contributed by atoms with Crippen molar-refractivity contribution in [1.29, 1.82) is 0 Å². The van der Waals surface area contributed by atoms with Gasteiger partial charge in [0.05, 0.1) is 11.0 Å². The minimum Gasteiger partial charge on any atom is -0.481 e. The molecule has 0 aliphatic carbocycles. The van der Waals surface area contributed by atoms with Crippen LogP contribution in [0, 0.1) is 0 Å². The highest BCUT2D eigenvalue weighted by molar-refractivity contribution is 5.84. The molecular weight excluding hydrogens is 184 g/mol. The lowest BCUT2D eigenvalue weighted by Gasteiger charge is -2.21. The maximum absolute atomic E-state index is 11.0. The Morgan fingerprint density at radius 1 is 1.36 bits per heavy atom. The molecule has 6 nitrogen and oxygen atoms in total. The first kappa shape index (κ1) is 10.2. The van der Waals surface area contributed by atoms with Crippen LogP contribution in [0.15, 0.2) is 6.33 Å². The lowest BCUT2D eigenvalue weighted by molar-refractivity contribution is -0.142. The van der Waals surface area contributed by atoms with E-state index in [1.807, 2.05) is 0 Å². The molecule has 1 rings (SSSR count). The van der Waals surface area contributed by atoms with Crippen LogP contribution in [0.5, 0.6) is 0 Å². The van der Waals surface area contributed by atoms with Gasteiger partial charge in [-0.1, -0.05) is 0 Å². The number of rotatable bonds is 2. The predicted molar refractivity (Wildman–Crippen MR) is 51.5 cm³/mol. The lowest BCUT2D eigenvalue weighted by atomic mass is 9.85. The maximum atomic E-state index is 11.0. The molecule has 0 unspecified atom stereocenters. The summed E-state index contributed by atoms with van der Waals surface area (Å²) in [6, 6.07) is 0. The van der Waals surface area contributed by atoms with Gasteiger partial charge >= 0.3 is 5.97 Å². The van der Waals surface area contributed by atoms with Gasteiger partial charge in [0.1, 0.15) is 18.0 Å². The largest absolute Gasteiger partial charge is 0.481 e. The highest BCUT2D eigenvalue weighted by Gasteiger charge is 2.34. The van der Waals surface area contributed by atoms with Gasteiger partial charge in [0.25, 0.3) is 0 Å². The Bertz CT molecular complexity index is 355. The number of hydrogen-bond acceptors (Lipinski definition) is 5. The average molecular weight is 196 g/mol. The molecule has 6 heteroatoms. The second-order valence-corrected chi connectivity index (χ2v) is 3.45. The van der Waals surface area contributed by atoms with E-state index in [1.165, 1.54) is 20.2 Å². The Hall–Kier alpha value is -1.85. The van der Waals surface area contributed by atoms with E-state index in [2.05, 4.69) is 9.97 Å². The van der Waals surface area contributed by atoms with Crippen molar-refractivity contribution >= 4 is 17.6 Å². The predicted octanol–water partition coefficient (Wildman–Crippen LogP) is 0.00320. The van der Waals surface area contributed by atoms with Crippen molar-refractivity contribution < 1.29 is 9.90 Å². The molecule has 0 bridgehead atoms. The van der Waals surface area contributed by atoms with E-state index in [-0.39, 0.29) is 17.2 Å². The molecule has 0 radical (unpaired) electrons. The molecule has 0 saturated heterocycles. The summed E-state index contributed by atoms with van der Waals surface area (Å²) in [5.74, 6) is -0.819. The Kier molecular flexibility index (Phi) is 2.29. The SMILES string of the molecule is CC(C)(C(=O)O)c1c(N)ncnc1N. The van der Waals surface area contributed by atoms with Crippen molar-refractivity contribution in [3.05, 3.63) is 11.9 Å². The Morgan fingerprint density at radius 3 is 2.14 bits per heavy atom. The van der Waals surface area contributed by atoms with E-state index >= 15 is 0 Å². The molecule has 1 heterocycles. The van der Waals surface area contributed by atoms with Gasteiger partial charge in [-0.15, -0.1) is 0 Å². The zero-order valence-corrected chi connectivity index (χ0v) is 7.98. The van der Waals surface area contributed by atoms with Gasteiger partial charge in [-0.25, -0.2) is 9.97 Å². The van der Waals surface area contributed by atoms with Crippen LogP contribution < -0.4 is 11.5 Å². The van der Waals surface area contributed by atoms with E-state index < -0.39 is 11.4 Å². The van der Waals surface area contributed by atoms with Crippen LogP contribution in [0.25, 0.3) is 0 Å². The fraction of sp³-hybridized carbons (Fsp3) is 0.375. The Balaban J connectivity index is 3.38. The van der Waals surface area contributed by atoms with Crippen LogP contribution >= 0.6 is 0 Å². The summed E-state index contributed by atoms with van der Waals surface area (Å²) in [5.41, 5.74) is 10.2. The van der Waals surface area contributed by atoms with Gasteiger partial charge in [0.2, 0.25) is 0 Å². The second-order valence-electron chi connectivity index (χ2n) is 3.45. The zero-order valence-electron chi connectivity index (χ0n) is 7.98. The number of hydrogen-bond donors (Lipinski definition) is 3. The van der Waals surface area contributed by atoms with E-state index in [1.54, 1.807) is 0 Å². The second kappa shape index (κ2) is 3.13. The molecule has 0 fully saturated rings. The number of carboxylic acid groups (broad SMARTS) is 1. The minimum absolute atomic E-state index is 0.102. The number of carboxylic acids is 1. The molecule has 0 aliphatic rings. The minimum atomic E-state index is -1.19. The van der Waals surface area contributed by atoms with Crippen LogP contribution in [-0.2, 0) is 10.2 Å². The molecule has 0 aliphatic heterocycles. The van der Waals surface area contributed by atoms with Crippen LogP contribution in [0.4, 0.5) is 11.6 Å². The van der Waals surface area contributed by atoms with E-state index in [9.17, 15) is 4.79 Å². The van der Waals surface area contributed by atoms with Crippen molar-refractivity contribution in [2.75, 3.05) is 11.5 Å². The number of anilines is 2. The normalized spacial score (nSPS) is 11.3. The molecular formula is C8H12N4O2. The number of aromatic nitrogens is 2. The molecule has 0 saturated carbocycles. The van der Waals surface area contributed by atoms with Crippen LogP contribution in [0.2, 0.25) is 0 Å². The summed E-state index contributed by atoms with van der Waals surface area (Å²) in [5, 5.41) is 8.98. The summed E-state index contributed by atoms with van der Waals surface area (Å²) < 4.78 is 0. The topological polar surface area (TPSA) is 115 Å². The molecule has 5 N–H and O–H groups in total. The van der Waals surface area contributed by atoms with E-state index in [0.717, 1.165) is 0 Å². The molecule has 0 atom stereocenters. The molecule has 14 heavy (non-hydrogen) atoms. The van der Waals surface area contributed by atoms with Crippen molar-refractivity contribution in [2.45, 2.75) is 19.3 Å². The summed E-state index contributed by atoms with van der Waals surface area (Å²) in [7, 11) is 0. The lowest BCUT2D eigenvalue weighted by Crippen LogP contribution is -2.31. The van der Waals surface area contributed by atoms with Crippen LogP contribution in [0.1, 0.15) is 19.4 Å². The number of nitrogens with zero attached hydrogens (tertiary/aromatic N) is 2. The molecule has 1 aromatic heterocycles. The first-order valence-electron chi connectivity index (χ1n) is 3.97. The highest BCUT2D eigenvalue weighted by atomic mass is 16.4. The molecule has 1 aromatic rings.